The van der Waals surface area contributed by atoms with Gasteiger partial charge in [0, 0.05) is 6.42 Å². The molecule has 0 aromatic rings. The Labute approximate surface area is 101 Å². The number of ether oxygens (including phenoxy) is 1. The molecule has 0 radical (unpaired) electrons. The molecule has 2 atom stereocenters. The maximum absolute atomic E-state index is 13.3. The Morgan fingerprint density at radius 3 is 3.00 bits per heavy atom. The normalized spacial score (nSPS) is 27.6. The van der Waals surface area contributed by atoms with Gasteiger partial charge in [-0.1, -0.05) is 22.8 Å². The summed E-state index contributed by atoms with van der Waals surface area (Å²) in [5.41, 5.74) is 0. The molecule has 4 heteroatoms. The van der Waals surface area contributed by atoms with E-state index < -0.39 is 6.17 Å². The number of allylic oxidation sites excluding steroid dienone is 1. The lowest BCUT2D eigenvalue weighted by atomic mass is 10.0. The van der Waals surface area contributed by atoms with Gasteiger partial charge in [-0.05, 0) is 39.6 Å². The summed E-state index contributed by atoms with van der Waals surface area (Å²) >= 11 is 2.15. The van der Waals surface area contributed by atoms with Crippen LogP contribution in [0.3, 0.4) is 0 Å². The minimum Gasteiger partial charge on any atom is -0.498 e. The van der Waals surface area contributed by atoms with E-state index in [1.54, 1.807) is 0 Å². The Morgan fingerprint density at radius 1 is 1.71 bits per heavy atom. The van der Waals surface area contributed by atoms with Gasteiger partial charge < -0.3 is 4.74 Å². The van der Waals surface area contributed by atoms with Crippen molar-refractivity contribution in [1.29, 1.82) is 0 Å². The molecule has 0 saturated carbocycles. The number of hydrogen-bond acceptors (Lipinski definition) is 2. The molecule has 0 aliphatic heterocycles. The van der Waals surface area contributed by atoms with Crippen molar-refractivity contribution < 1.29 is 9.13 Å². The van der Waals surface area contributed by atoms with Gasteiger partial charge in [0.15, 0.2) is 0 Å². The molecule has 2 unspecified atom stereocenters. The number of hydrogen-bond donors (Lipinski definition) is 0. The van der Waals surface area contributed by atoms with Crippen LogP contribution in [0.15, 0.2) is 11.8 Å². The molecule has 1 nitrogen and oxygen atoms in total. The third-order valence-corrected chi connectivity index (χ3v) is 4.48. The molecule has 0 fully saturated rings. The monoisotopic (exact) mass is 330 g/mol. The fourth-order valence-electron chi connectivity index (χ4n) is 1.29. The Bertz CT molecular complexity index is 208. The van der Waals surface area contributed by atoms with Crippen molar-refractivity contribution in [3.05, 3.63) is 11.8 Å². The zero-order valence-corrected chi connectivity index (χ0v) is 11.5. The van der Waals surface area contributed by atoms with E-state index in [-0.39, 0.29) is 5.25 Å². The van der Waals surface area contributed by atoms with Crippen LogP contribution in [0.25, 0.3) is 0 Å². The topological polar surface area (TPSA) is 9.23 Å². The van der Waals surface area contributed by atoms with E-state index in [4.69, 9.17) is 4.74 Å². The maximum Gasteiger partial charge on any atom is 0.117 e. The second kappa shape index (κ2) is 6.20. The van der Waals surface area contributed by atoms with Crippen LogP contribution < -0.4 is 0 Å². The Hall–Kier alpha value is 0.550. The Morgan fingerprint density at radius 2 is 2.43 bits per heavy atom. The van der Waals surface area contributed by atoms with E-state index in [0.717, 1.165) is 18.8 Å². The van der Waals surface area contributed by atoms with Crippen molar-refractivity contribution in [2.24, 2.45) is 5.92 Å². The third-order valence-electron chi connectivity index (χ3n) is 2.08. The molecule has 1 aliphatic rings. The van der Waals surface area contributed by atoms with Crippen molar-refractivity contribution in [3.63, 3.8) is 0 Å². The second-order valence-corrected chi connectivity index (χ2v) is 6.19. The van der Waals surface area contributed by atoms with E-state index in [1.807, 2.05) is 6.08 Å². The van der Waals surface area contributed by atoms with Crippen LogP contribution >= 0.6 is 30.1 Å². The summed E-state index contributed by atoms with van der Waals surface area (Å²) < 4.78 is 18.9. The van der Waals surface area contributed by atoms with Crippen LogP contribution in [-0.2, 0) is 4.74 Å². The van der Waals surface area contributed by atoms with Gasteiger partial charge in [0.05, 0.1) is 17.6 Å². The molecule has 14 heavy (non-hydrogen) atoms. The predicted octanol–water partition coefficient (Wildman–Crippen LogP) is 4.13. The SMILES string of the molecule is CC(C)COC1=CC(SI)C(F)CC1. The maximum atomic E-state index is 13.3. The first-order valence-electron chi connectivity index (χ1n) is 4.88. The predicted molar refractivity (Wildman–Crippen MR) is 68.4 cm³/mol. The molecule has 0 spiro atoms. The fraction of sp³-hybridized carbons (Fsp3) is 0.800. The molecule has 0 heterocycles. The minimum absolute atomic E-state index is 0.0217. The quantitative estimate of drug-likeness (QED) is 0.717. The molecule has 0 bridgehead atoms. The fourth-order valence-corrected chi connectivity index (χ4v) is 3.14. The van der Waals surface area contributed by atoms with Gasteiger partial charge in [-0.2, -0.15) is 0 Å². The van der Waals surface area contributed by atoms with Crippen LogP contribution in [0.2, 0.25) is 0 Å². The smallest absolute Gasteiger partial charge is 0.117 e. The first-order valence-corrected chi connectivity index (χ1v) is 8.30. The largest absolute Gasteiger partial charge is 0.498 e. The summed E-state index contributed by atoms with van der Waals surface area (Å²) in [4.78, 5) is 0. The molecule has 82 valence electrons. The van der Waals surface area contributed by atoms with Crippen LogP contribution in [0.1, 0.15) is 26.7 Å². The zero-order valence-electron chi connectivity index (χ0n) is 8.50. The Balaban J connectivity index is 2.45. The molecule has 1 aliphatic carbocycles. The lowest BCUT2D eigenvalue weighted by Crippen LogP contribution is -2.21. The van der Waals surface area contributed by atoms with E-state index in [0.29, 0.717) is 12.3 Å². The van der Waals surface area contributed by atoms with Crippen LogP contribution in [0.4, 0.5) is 4.39 Å². The van der Waals surface area contributed by atoms with Crippen LogP contribution in [-0.4, -0.2) is 18.0 Å². The van der Waals surface area contributed by atoms with Crippen molar-refractivity contribution in [2.45, 2.75) is 38.1 Å². The van der Waals surface area contributed by atoms with Crippen LogP contribution in [0.5, 0.6) is 0 Å². The Kier molecular flexibility index (Phi) is 5.59. The highest BCUT2D eigenvalue weighted by molar-refractivity contribution is 14.2. The molecule has 0 amide bonds. The minimum atomic E-state index is -0.705. The average molecular weight is 330 g/mol. The summed E-state index contributed by atoms with van der Waals surface area (Å²) in [6.45, 7) is 4.97. The van der Waals surface area contributed by atoms with Crippen molar-refractivity contribution in [1.82, 2.24) is 0 Å². The van der Waals surface area contributed by atoms with Gasteiger partial charge in [0.1, 0.15) is 6.17 Å². The highest BCUT2D eigenvalue weighted by Crippen LogP contribution is 2.33. The third kappa shape index (κ3) is 3.96. The lowest BCUT2D eigenvalue weighted by Gasteiger charge is -2.23. The average Bonchev–Trinajstić information content (AvgIpc) is 2.16. The number of rotatable bonds is 4. The molecule has 0 aromatic heterocycles. The van der Waals surface area contributed by atoms with Gasteiger partial charge in [-0.3, -0.25) is 0 Å². The lowest BCUT2D eigenvalue weighted by molar-refractivity contribution is 0.155. The highest BCUT2D eigenvalue weighted by Gasteiger charge is 2.25. The van der Waals surface area contributed by atoms with Crippen LogP contribution in [0, 0.1) is 5.92 Å². The second-order valence-electron chi connectivity index (χ2n) is 3.95. The summed E-state index contributed by atoms with van der Waals surface area (Å²) in [6, 6.07) is 0. The van der Waals surface area contributed by atoms with Gasteiger partial charge in [-0.15, -0.1) is 0 Å². The first-order chi connectivity index (χ1) is 6.63. The van der Waals surface area contributed by atoms with E-state index in [9.17, 15) is 4.39 Å². The number of alkyl halides is 1. The molecular weight excluding hydrogens is 314 g/mol. The van der Waals surface area contributed by atoms with Gasteiger partial charge in [-0.25, -0.2) is 4.39 Å². The van der Waals surface area contributed by atoms with Gasteiger partial charge >= 0.3 is 0 Å². The number of halogens is 2. The van der Waals surface area contributed by atoms with Crippen molar-refractivity contribution in [2.75, 3.05) is 6.61 Å². The molecule has 0 aromatic carbocycles. The van der Waals surface area contributed by atoms with Crippen molar-refractivity contribution in [3.8, 4) is 0 Å². The summed E-state index contributed by atoms with van der Waals surface area (Å²) in [6.07, 6.45) is 2.59. The van der Waals surface area contributed by atoms with E-state index in [2.05, 4.69) is 35.1 Å². The summed E-state index contributed by atoms with van der Waals surface area (Å²) in [7, 11) is 1.53. The summed E-state index contributed by atoms with van der Waals surface area (Å²) in [5, 5.41) is -0.0217. The van der Waals surface area contributed by atoms with E-state index >= 15 is 0 Å². The molecule has 0 saturated heterocycles. The van der Waals surface area contributed by atoms with Crippen molar-refractivity contribution >= 4 is 30.1 Å². The standard InChI is InChI=1S/C10H16FIOS/c1-7(2)6-13-8-3-4-9(11)10(5-8)14-12/h5,7,9-10H,3-4,6H2,1-2H3. The molecule has 1 rings (SSSR count). The van der Waals surface area contributed by atoms with Gasteiger partial charge in [0.25, 0.3) is 0 Å². The molecular formula is C10H16FIOS. The highest BCUT2D eigenvalue weighted by atomic mass is 127. The molecule has 0 N–H and O–H groups in total. The summed E-state index contributed by atoms with van der Waals surface area (Å²) in [5.74, 6) is 1.51. The van der Waals surface area contributed by atoms with E-state index in [1.165, 1.54) is 8.93 Å². The zero-order chi connectivity index (χ0) is 10.6. The first kappa shape index (κ1) is 12.6. The van der Waals surface area contributed by atoms with Gasteiger partial charge in [0.2, 0.25) is 0 Å².